The predicted molar refractivity (Wildman–Crippen MR) is 73.9 cm³/mol. The number of hydrogen-bond acceptors (Lipinski definition) is 4. The molecule has 0 aliphatic heterocycles. The van der Waals surface area contributed by atoms with Crippen molar-refractivity contribution >= 4 is 17.3 Å². The van der Waals surface area contributed by atoms with Gasteiger partial charge < -0.3 is 9.47 Å². The van der Waals surface area contributed by atoms with Crippen LogP contribution in [0.25, 0.3) is 0 Å². The van der Waals surface area contributed by atoms with Gasteiger partial charge in [0, 0.05) is 25.5 Å². The highest BCUT2D eigenvalue weighted by molar-refractivity contribution is 6.17. The third-order valence-electron chi connectivity index (χ3n) is 2.89. The van der Waals surface area contributed by atoms with Gasteiger partial charge in [0.05, 0.1) is 17.1 Å². The molecule has 0 radical (unpaired) electrons. The van der Waals surface area contributed by atoms with E-state index in [1.165, 1.54) is 6.07 Å². The molecule has 6 heteroatoms. The summed E-state index contributed by atoms with van der Waals surface area (Å²) in [6.07, 6.45) is 0.637. The van der Waals surface area contributed by atoms with Crippen molar-refractivity contribution in [2.75, 3.05) is 13.7 Å². The average Bonchev–Trinajstić information content (AvgIpc) is 2.38. The number of benzene rings is 1. The van der Waals surface area contributed by atoms with Gasteiger partial charge in [-0.2, -0.15) is 0 Å². The molecule has 1 aromatic carbocycles. The van der Waals surface area contributed by atoms with Crippen LogP contribution in [-0.2, 0) is 10.6 Å². The number of alkyl halides is 1. The summed E-state index contributed by atoms with van der Waals surface area (Å²) in [5.74, 6) is 0.489. The standard InChI is InChI=1S/C13H18ClNO4/c1-13(2,18-3)6-7-19-12-5-4-10(9-14)8-11(12)15(16)17/h4-5,8H,6-7,9H2,1-3H3. The van der Waals surface area contributed by atoms with Crippen LogP contribution in [-0.4, -0.2) is 24.2 Å². The van der Waals surface area contributed by atoms with Gasteiger partial charge in [-0.25, -0.2) is 0 Å². The Morgan fingerprint density at radius 1 is 1.42 bits per heavy atom. The highest BCUT2D eigenvalue weighted by atomic mass is 35.5. The smallest absolute Gasteiger partial charge is 0.311 e. The molecule has 0 unspecified atom stereocenters. The van der Waals surface area contributed by atoms with E-state index in [0.717, 1.165) is 0 Å². The van der Waals surface area contributed by atoms with Gasteiger partial charge in [-0.15, -0.1) is 11.6 Å². The van der Waals surface area contributed by atoms with Crippen molar-refractivity contribution in [3.8, 4) is 5.75 Å². The first-order valence-corrected chi connectivity index (χ1v) is 6.44. The molecule has 0 heterocycles. The van der Waals surface area contributed by atoms with Crippen LogP contribution in [0, 0.1) is 10.1 Å². The lowest BCUT2D eigenvalue weighted by molar-refractivity contribution is -0.385. The van der Waals surface area contributed by atoms with Crippen LogP contribution in [0.3, 0.4) is 0 Å². The summed E-state index contributed by atoms with van der Waals surface area (Å²) in [7, 11) is 1.62. The number of hydrogen-bond donors (Lipinski definition) is 0. The quantitative estimate of drug-likeness (QED) is 0.437. The topological polar surface area (TPSA) is 61.6 Å². The Bertz CT molecular complexity index is 448. The van der Waals surface area contributed by atoms with E-state index in [0.29, 0.717) is 18.6 Å². The van der Waals surface area contributed by atoms with Crippen molar-refractivity contribution in [3.05, 3.63) is 33.9 Å². The summed E-state index contributed by atoms with van der Waals surface area (Å²) in [5, 5.41) is 11.0. The molecular weight excluding hydrogens is 270 g/mol. The van der Waals surface area contributed by atoms with Gasteiger partial charge in [-0.05, 0) is 25.5 Å². The molecule has 0 saturated carbocycles. The van der Waals surface area contributed by atoms with Crippen LogP contribution in [0.1, 0.15) is 25.8 Å². The van der Waals surface area contributed by atoms with Gasteiger partial charge in [-0.3, -0.25) is 10.1 Å². The van der Waals surface area contributed by atoms with E-state index in [1.807, 2.05) is 13.8 Å². The Labute approximate surface area is 117 Å². The molecule has 0 bridgehead atoms. The zero-order chi connectivity index (χ0) is 14.5. The maximum Gasteiger partial charge on any atom is 0.311 e. The van der Waals surface area contributed by atoms with Gasteiger partial charge >= 0.3 is 5.69 Å². The van der Waals surface area contributed by atoms with Crippen molar-refractivity contribution < 1.29 is 14.4 Å². The molecular formula is C13H18ClNO4. The maximum absolute atomic E-state index is 11.0. The second-order valence-electron chi connectivity index (χ2n) is 4.76. The monoisotopic (exact) mass is 287 g/mol. The predicted octanol–water partition coefficient (Wildman–Crippen LogP) is 3.53. The second-order valence-corrected chi connectivity index (χ2v) is 5.02. The first-order valence-electron chi connectivity index (χ1n) is 5.91. The van der Waals surface area contributed by atoms with Crippen molar-refractivity contribution in [1.82, 2.24) is 0 Å². The summed E-state index contributed by atoms with van der Waals surface area (Å²) in [6.45, 7) is 4.21. The lowest BCUT2D eigenvalue weighted by Gasteiger charge is -2.22. The molecule has 0 fully saturated rings. The Hall–Kier alpha value is -1.33. The number of nitro benzene ring substituents is 1. The SMILES string of the molecule is COC(C)(C)CCOc1ccc(CCl)cc1[N+](=O)[O-]. The van der Waals surface area contributed by atoms with Gasteiger partial charge in [-0.1, -0.05) is 6.07 Å². The molecule has 0 saturated heterocycles. The maximum atomic E-state index is 11.0. The number of ether oxygens (including phenoxy) is 2. The van der Waals surface area contributed by atoms with E-state index in [9.17, 15) is 10.1 Å². The summed E-state index contributed by atoms with van der Waals surface area (Å²) >= 11 is 5.66. The van der Waals surface area contributed by atoms with E-state index in [4.69, 9.17) is 21.1 Å². The first-order chi connectivity index (χ1) is 8.89. The molecule has 1 aromatic rings. The number of halogens is 1. The van der Waals surface area contributed by atoms with Crippen LogP contribution < -0.4 is 4.74 Å². The zero-order valence-electron chi connectivity index (χ0n) is 11.3. The normalized spacial score (nSPS) is 11.4. The average molecular weight is 288 g/mol. The summed E-state index contributed by atoms with van der Waals surface area (Å²) in [6, 6.07) is 4.73. The molecule has 0 aromatic heterocycles. The van der Waals surface area contributed by atoms with Gasteiger partial charge in [0.25, 0.3) is 0 Å². The minimum Gasteiger partial charge on any atom is -0.487 e. The zero-order valence-corrected chi connectivity index (χ0v) is 12.1. The Kier molecular flexibility index (Phi) is 5.57. The van der Waals surface area contributed by atoms with Gasteiger partial charge in [0.2, 0.25) is 0 Å². The molecule has 1 rings (SSSR count). The van der Waals surface area contributed by atoms with Crippen molar-refractivity contribution in [2.24, 2.45) is 0 Å². The number of rotatable bonds is 7. The Balaban J connectivity index is 2.75. The van der Waals surface area contributed by atoms with Crippen molar-refractivity contribution in [1.29, 1.82) is 0 Å². The molecule has 0 N–H and O–H groups in total. The number of nitro groups is 1. The van der Waals surface area contributed by atoms with Gasteiger partial charge in [0.15, 0.2) is 5.75 Å². The molecule has 106 valence electrons. The summed E-state index contributed by atoms with van der Waals surface area (Å²) in [5.41, 5.74) is 0.316. The third kappa shape index (κ3) is 4.69. The largest absolute Gasteiger partial charge is 0.487 e. The Morgan fingerprint density at radius 3 is 2.63 bits per heavy atom. The molecule has 0 amide bonds. The van der Waals surface area contributed by atoms with Crippen LogP contribution in [0.2, 0.25) is 0 Å². The molecule has 0 aliphatic carbocycles. The highest BCUT2D eigenvalue weighted by Gasteiger charge is 2.19. The van der Waals surface area contributed by atoms with Crippen LogP contribution in [0.4, 0.5) is 5.69 Å². The minimum absolute atomic E-state index is 0.0617. The van der Waals surface area contributed by atoms with Crippen LogP contribution in [0.15, 0.2) is 18.2 Å². The summed E-state index contributed by atoms with van der Waals surface area (Å²) < 4.78 is 10.7. The first kappa shape index (κ1) is 15.7. The highest BCUT2D eigenvalue weighted by Crippen LogP contribution is 2.29. The number of nitrogens with zero attached hydrogens (tertiary/aromatic N) is 1. The van der Waals surface area contributed by atoms with E-state index in [-0.39, 0.29) is 22.9 Å². The summed E-state index contributed by atoms with van der Waals surface area (Å²) in [4.78, 5) is 10.5. The molecule has 5 nitrogen and oxygen atoms in total. The minimum atomic E-state index is -0.465. The third-order valence-corrected chi connectivity index (χ3v) is 3.20. The fourth-order valence-electron chi connectivity index (χ4n) is 1.42. The molecule has 19 heavy (non-hydrogen) atoms. The fraction of sp³-hybridized carbons (Fsp3) is 0.538. The lowest BCUT2D eigenvalue weighted by Crippen LogP contribution is -2.25. The van der Waals surface area contributed by atoms with E-state index >= 15 is 0 Å². The number of methoxy groups -OCH3 is 1. The van der Waals surface area contributed by atoms with Crippen molar-refractivity contribution in [2.45, 2.75) is 31.7 Å². The van der Waals surface area contributed by atoms with E-state index in [1.54, 1.807) is 19.2 Å². The van der Waals surface area contributed by atoms with Crippen molar-refractivity contribution in [3.63, 3.8) is 0 Å². The van der Waals surface area contributed by atoms with E-state index in [2.05, 4.69) is 0 Å². The van der Waals surface area contributed by atoms with Gasteiger partial charge in [0.1, 0.15) is 0 Å². The fourth-order valence-corrected chi connectivity index (χ4v) is 1.59. The lowest BCUT2D eigenvalue weighted by atomic mass is 10.1. The Morgan fingerprint density at radius 2 is 2.11 bits per heavy atom. The van der Waals surface area contributed by atoms with E-state index < -0.39 is 4.92 Å². The molecule has 0 spiro atoms. The second kappa shape index (κ2) is 6.73. The van der Waals surface area contributed by atoms with Crippen LogP contribution >= 0.6 is 11.6 Å². The molecule has 0 aliphatic rings. The van der Waals surface area contributed by atoms with Crippen LogP contribution in [0.5, 0.6) is 5.75 Å². The molecule has 0 atom stereocenters.